The number of hydrogen-bond acceptors (Lipinski definition) is 5. The highest BCUT2D eigenvalue weighted by atomic mass is 32.1. The van der Waals surface area contributed by atoms with Gasteiger partial charge < -0.3 is 11.1 Å². The zero-order valence-electron chi connectivity index (χ0n) is 15.3. The summed E-state index contributed by atoms with van der Waals surface area (Å²) in [5.74, 6) is 0.449. The molecule has 0 saturated heterocycles. The fourth-order valence-corrected chi connectivity index (χ4v) is 5.48. The molecule has 0 aliphatic carbocycles. The van der Waals surface area contributed by atoms with Gasteiger partial charge in [-0.3, -0.25) is 4.98 Å². The Bertz CT molecular complexity index is 821. The molecule has 0 bridgehead atoms. The van der Waals surface area contributed by atoms with Crippen molar-refractivity contribution in [3.63, 3.8) is 0 Å². The Hall–Kier alpha value is -1.43. The van der Waals surface area contributed by atoms with Crippen LogP contribution in [0.3, 0.4) is 0 Å². The zero-order valence-corrected chi connectivity index (χ0v) is 16.9. The Morgan fingerprint density at radius 3 is 2.80 bits per heavy atom. The number of pyridine rings is 1. The van der Waals surface area contributed by atoms with Crippen LogP contribution in [0.25, 0.3) is 10.2 Å². The number of anilines is 1. The lowest BCUT2D eigenvalue weighted by molar-refractivity contribution is 0.627. The predicted molar refractivity (Wildman–Crippen MR) is 112 cm³/mol. The fourth-order valence-electron chi connectivity index (χ4n) is 3.36. The van der Waals surface area contributed by atoms with Crippen LogP contribution in [0.2, 0.25) is 0 Å². The molecule has 1 atom stereocenters. The molecule has 3 rings (SSSR count). The van der Waals surface area contributed by atoms with E-state index in [1.165, 1.54) is 31.2 Å². The third-order valence-corrected chi connectivity index (χ3v) is 6.87. The minimum Gasteiger partial charge on any atom is -0.379 e. The Balaban J connectivity index is 2.04. The first-order valence-corrected chi connectivity index (χ1v) is 10.8. The maximum absolute atomic E-state index is 6.10. The first-order valence-electron chi connectivity index (χ1n) is 9.07. The minimum absolute atomic E-state index is 0.449. The molecule has 3 N–H and O–H groups in total. The topological polar surface area (TPSA) is 50.9 Å². The van der Waals surface area contributed by atoms with Crippen molar-refractivity contribution < 1.29 is 0 Å². The van der Waals surface area contributed by atoms with E-state index in [9.17, 15) is 0 Å². The standard InChI is InChI=1S/C20H27N3S2/c1-4-7-14(11-21)19-16(5-2)18-20(25-19)17(10-13(3)23-18)22-12-15-8-6-9-24-15/h6,8-10,14H,4-5,7,11-12,21H2,1-3H3,(H,22,23). The van der Waals surface area contributed by atoms with Crippen LogP contribution in [0.4, 0.5) is 5.69 Å². The minimum atomic E-state index is 0.449. The van der Waals surface area contributed by atoms with Crippen LogP contribution in [0, 0.1) is 6.92 Å². The molecule has 25 heavy (non-hydrogen) atoms. The van der Waals surface area contributed by atoms with E-state index < -0.39 is 0 Å². The van der Waals surface area contributed by atoms with E-state index in [4.69, 9.17) is 10.7 Å². The third kappa shape index (κ3) is 3.89. The molecule has 0 aromatic carbocycles. The first kappa shape index (κ1) is 18.4. The summed E-state index contributed by atoms with van der Waals surface area (Å²) in [6, 6.07) is 6.45. The van der Waals surface area contributed by atoms with Gasteiger partial charge in [0.05, 0.1) is 15.9 Å². The van der Waals surface area contributed by atoms with Gasteiger partial charge in [-0.25, -0.2) is 0 Å². The summed E-state index contributed by atoms with van der Waals surface area (Å²) in [7, 11) is 0. The predicted octanol–water partition coefficient (Wildman–Crippen LogP) is 5.68. The molecule has 134 valence electrons. The van der Waals surface area contributed by atoms with Crippen molar-refractivity contribution in [3.8, 4) is 0 Å². The number of aromatic nitrogens is 1. The van der Waals surface area contributed by atoms with E-state index >= 15 is 0 Å². The Morgan fingerprint density at radius 1 is 1.32 bits per heavy atom. The molecule has 3 aromatic rings. The van der Waals surface area contributed by atoms with Gasteiger partial charge in [0.2, 0.25) is 0 Å². The molecule has 3 heterocycles. The number of rotatable bonds is 8. The molecule has 5 heteroatoms. The average molecular weight is 374 g/mol. The van der Waals surface area contributed by atoms with Gasteiger partial charge >= 0.3 is 0 Å². The lowest BCUT2D eigenvalue weighted by Crippen LogP contribution is -2.12. The van der Waals surface area contributed by atoms with Crippen LogP contribution >= 0.6 is 22.7 Å². The zero-order chi connectivity index (χ0) is 17.8. The number of nitrogens with zero attached hydrogens (tertiary/aromatic N) is 1. The second-order valence-corrected chi connectivity index (χ2v) is 8.53. The van der Waals surface area contributed by atoms with Crippen LogP contribution in [0.1, 0.15) is 53.6 Å². The van der Waals surface area contributed by atoms with E-state index in [0.717, 1.165) is 31.5 Å². The van der Waals surface area contributed by atoms with E-state index in [2.05, 4.69) is 49.7 Å². The summed E-state index contributed by atoms with van der Waals surface area (Å²) >= 11 is 3.68. The summed E-state index contributed by atoms with van der Waals surface area (Å²) in [6.45, 7) is 8.12. The number of nitrogens with one attached hydrogen (secondary N) is 1. The molecular formula is C20H27N3S2. The molecule has 0 aliphatic rings. The number of fused-ring (bicyclic) bond motifs is 1. The van der Waals surface area contributed by atoms with Crippen molar-refractivity contribution in [1.82, 2.24) is 4.98 Å². The van der Waals surface area contributed by atoms with Crippen LogP contribution in [0.15, 0.2) is 23.6 Å². The SMILES string of the molecule is CCCC(CN)c1sc2c(NCc3cccs3)cc(C)nc2c1CC. The van der Waals surface area contributed by atoms with Crippen molar-refractivity contribution in [2.24, 2.45) is 5.73 Å². The van der Waals surface area contributed by atoms with Gasteiger partial charge in [0.25, 0.3) is 0 Å². The van der Waals surface area contributed by atoms with Gasteiger partial charge in [0.15, 0.2) is 0 Å². The second-order valence-electron chi connectivity index (χ2n) is 6.44. The highest BCUT2D eigenvalue weighted by Crippen LogP contribution is 2.40. The monoisotopic (exact) mass is 373 g/mol. The van der Waals surface area contributed by atoms with Gasteiger partial charge in [0.1, 0.15) is 0 Å². The summed E-state index contributed by atoms with van der Waals surface area (Å²) in [5, 5.41) is 5.76. The molecule has 0 radical (unpaired) electrons. The van der Waals surface area contributed by atoms with Gasteiger partial charge in [-0.05, 0) is 49.4 Å². The maximum atomic E-state index is 6.10. The second kappa shape index (κ2) is 8.30. The highest BCUT2D eigenvalue weighted by molar-refractivity contribution is 7.20. The smallest absolute Gasteiger partial charge is 0.0868 e. The lowest BCUT2D eigenvalue weighted by Gasteiger charge is -2.13. The molecule has 0 aliphatic heterocycles. The molecular weight excluding hydrogens is 346 g/mol. The summed E-state index contributed by atoms with van der Waals surface area (Å²) in [5.41, 5.74) is 10.9. The van der Waals surface area contributed by atoms with Crippen molar-refractivity contribution in [2.75, 3.05) is 11.9 Å². The number of nitrogens with two attached hydrogens (primary N) is 1. The Labute approximate surface area is 158 Å². The summed E-state index contributed by atoms with van der Waals surface area (Å²) in [6.07, 6.45) is 3.32. The van der Waals surface area contributed by atoms with E-state index in [1.807, 2.05) is 11.3 Å². The van der Waals surface area contributed by atoms with Crippen molar-refractivity contribution >= 4 is 38.6 Å². The molecule has 3 aromatic heterocycles. The number of aryl methyl sites for hydroxylation is 2. The molecule has 0 fully saturated rings. The molecule has 0 amide bonds. The highest BCUT2D eigenvalue weighted by Gasteiger charge is 2.21. The van der Waals surface area contributed by atoms with Crippen molar-refractivity contribution in [3.05, 3.63) is 44.6 Å². The number of hydrogen-bond donors (Lipinski definition) is 2. The van der Waals surface area contributed by atoms with E-state index in [0.29, 0.717) is 12.5 Å². The third-order valence-electron chi connectivity index (χ3n) is 4.58. The molecule has 0 spiro atoms. The van der Waals surface area contributed by atoms with Crippen LogP contribution in [-0.4, -0.2) is 11.5 Å². The Kier molecular flexibility index (Phi) is 6.10. The largest absolute Gasteiger partial charge is 0.379 e. The van der Waals surface area contributed by atoms with Crippen LogP contribution in [0.5, 0.6) is 0 Å². The van der Waals surface area contributed by atoms with Gasteiger partial charge in [-0.15, -0.1) is 22.7 Å². The van der Waals surface area contributed by atoms with Crippen LogP contribution < -0.4 is 11.1 Å². The molecule has 1 unspecified atom stereocenters. The quantitative estimate of drug-likeness (QED) is 0.534. The van der Waals surface area contributed by atoms with Crippen molar-refractivity contribution in [2.45, 2.75) is 52.5 Å². The number of thiophene rings is 2. The van der Waals surface area contributed by atoms with Gasteiger partial charge in [-0.2, -0.15) is 0 Å². The maximum Gasteiger partial charge on any atom is 0.0868 e. The normalized spacial score (nSPS) is 12.6. The van der Waals surface area contributed by atoms with Gasteiger partial charge in [-0.1, -0.05) is 26.3 Å². The average Bonchev–Trinajstić information content (AvgIpc) is 3.24. The van der Waals surface area contributed by atoms with E-state index in [-0.39, 0.29) is 0 Å². The lowest BCUT2D eigenvalue weighted by atomic mass is 9.97. The van der Waals surface area contributed by atoms with Crippen LogP contribution in [-0.2, 0) is 13.0 Å². The van der Waals surface area contributed by atoms with Gasteiger partial charge in [0, 0.05) is 27.9 Å². The molecule has 3 nitrogen and oxygen atoms in total. The van der Waals surface area contributed by atoms with E-state index in [1.54, 1.807) is 11.3 Å². The fraction of sp³-hybridized carbons (Fsp3) is 0.450. The summed E-state index contributed by atoms with van der Waals surface area (Å²) in [4.78, 5) is 7.67. The Morgan fingerprint density at radius 2 is 2.16 bits per heavy atom. The summed E-state index contributed by atoms with van der Waals surface area (Å²) < 4.78 is 1.28. The van der Waals surface area contributed by atoms with Crippen molar-refractivity contribution in [1.29, 1.82) is 0 Å². The molecule has 0 saturated carbocycles. The first-order chi connectivity index (χ1) is 12.2.